The third kappa shape index (κ3) is 3.83. The lowest BCUT2D eigenvalue weighted by atomic mass is 10.2. The molecular weight excluding hydrogens is 310 g/mol. The Morgan fingerprint density at radius 1 is 1.10 bits per heavy atom. The summed E-state index contributed by atoms with van der Waals surface area (Å²) in [5, 5.41) is 3.12. The summed E-state index contributed by atoms with van der Waals surface area (Å²) in [7, 11) is 3.09. The van der Waals surface area contributed by atoms with Crippen LogP contribution in [0, 0.1) is 0 Å². The second-order valence-electron chi connectivity index (χ2n) is 4.22. The lowest BCUT2D eigenvalue weighted by molar-refractivity contribution is 0.102. The minimum atomic E-state index is -0.328. The van der Waals surface area contributed by atoms with Crippen LogP contribution in [0.2, 0.25) is 5.02 Å². The summed E-state index contributed by atoms with van der Waals surface area (Å²) in [5.41, 5.74) is 0.905. The molecule has 6 heteroatoms. The number of anilines is 1. The van der Waals surface area contributed by atoms with Gasteiger partial charge in [-0.15, -0.1) is 12.6 Å². The van der Waals surface area contributed by atoms with Crippen LogP contribution < -0.4 is 14.8 Å². The van der Waals surface area contributed by atoms with Crippen molar-refractivity contribution in [1.82, 2.24) is 0 Å². The average molecular weight is 324 g/mol. The van der Waals surface area contributed by atoms with Gasteiger partial charge < -0.3 is 14.8 Å². The van der Waals surface area contributed by atoms with E-state index in [1.807, 2.05) is 0 Å². The predicted molar refractivity (Wildman–Crippen MR) is 86.2 cm³/mol. The number of methoxy groups -OCH3 is 2. The average Bonchev–Trinajstić information content (AvgIpc) is 2.49. The Labute approximate surface area is 133 Å². The van der Waals surface area contributed by atoms with E-state index in [4.69, 9.17) is 21.1 Å². The molecule has 0 saturated heterocycles. The number of nitrogens with one attached hydrogen (secondary N) is 1. The number of carbonyl (C=O) groups excluding carboxylic acids is 1. The van der Waals surface area contributed by atoms with Gasteiger partial charge in [-0.1, -0.05) is 11.6 Å². The molecular formula is C15H14ClNO3S. The predicted octanol–water partition coefficient (Wildman–Crippen LogP) is 3.90. The number of hydrogen-bond acceptors (Lipinski definition) is 4. The molecule has 2 rings (SSSR count). The standard InChI is InChI=1S/C15H14ClNO3S/c1-19-10-5-9(6-11(7-10)20-2)17-15(18)13-8-12(21)3-4-14(13)16/h3-8,21H,1-2H3,(H,17,18). The Balaban J connectivity index is 2.28. The zero-order valence-corrected chi connectivity index (χ0v) is 13.2. The van der Waals surface area contributed by atoms with E-state index in [2.05, 4.69) is 17.9 Å². The normalized spacial score (nSPS) is 10.1. The van der Waals surface area contributed by atoms with E-state index in [1.54, 1.807) is 50.6 Å². The highest BCUT2D eigenvalue weighted by atomic mass is 35.5. The Hall–Kier alpha value is -1.85. The van der Waals surface area contributed by atoms with Gasteiger partial charge in [0.05, 0.1) is 24.8 Å². The molecule has 21 heavy (non-hydrogen) atoms. The van der Waals surface area contributed by atoms with Crippen molar-refractivity contribution in [2.75, 3.05) is 19.5 Å². The molecule has 0 bridgehead atoms. The quantitative estimate of drug-likeness (QED) is 0.839. The van der Waals surface area contributed by atoms with Gasteiger partial charge in [0.2, 0.25) is 0 Å². The van der Waals surface area contributed by atoms with Crippen LogP contribution in [0.1, 0.15) is 10.4 Å². The number of hydrogen-bond donors (Lipinski definition) is 2. The van der Waals surface area contributed by atoms with Crippen LogP contribution in [0.4, 0.5) is 5.69 Å². The van der Waals surface area contributed by atoms with E-state index in [0.29, 0.717) is 32.7 Å². The summed E-state index contributed by atoms with van der Waals surface area (Å²) in [6.45, 7) is 0. The van der Waals surface area contributed by atoms with Gasteiger partial charge in [-0.2, -0.15) is 0 Å². The van der Waals surface area contributed by atoms with Crippen molar-refractivity contribution in [2.45, 2.75) is 4.90 Å². The lowest BCUT2D eigenvalue weighted by Gasteiger charge is -2.11. The van der Waals surface area contributed by atoms with Gasteiger partial charge >= 0.3 is 0 Å². The molecule has 110 valence electrons. The molecule has 0 saturated carbocycles. The molecule has 0 spiro atoms. The molecule has 2 aromatic carbocycles. The van der Waals surface area contributed by atoms with Crippen molar-refractivity contribution in [3.05, 3.63) is 47.0 Å². The molecule has 0 fully saturated rings. The zero-order valence-electron chi connectivity index (χ0n) is 11.5. The minimum Gasteiger partial charge on any atom is -0.497 e. The van der Waals surface area contributed by atoms with Gasteiger partial charge in [-0.3, -0.25) is 4.79 Å². The Bertz CT molecular complexity index is 654. The smallest absolute Gasteiger partial charge is 0.257 e. The highest BCUT2D eigenvalue weighted by Crippen LogP contribution is 2.27. The van der Waals surface area contributed by atoms with Gasteiger partial charge in [-0.05, 0) is 18.2 Å². The molecule has 0 aromatic heterocycles. The lowest BCUT2D eigenvalue weighted by Crippen LogP contribution is -2.12. The molecule has 4 nitrogen and oxygen atoms in total. The van der Waals surface area contributed by atoms with Crippen LogP contribution in [0.25, 0.3) is 0 Å². The molecule has 0 atom stereocenters. The second-order valence-corrected chi connectivity index (χ2v) is 5.14. The van der Waals surface area contributed by atoms with Crippen molar-refractivity contribution < 1.29 is 14.3 Å². The molecule has 2 aromatic rings. The zero-order chi connectivity index (χ0) is 15.4. The van der Waals surface area contributed by atoms with E-state index in [0.717, 1.165) is 0 Å². The van der Waals surface area contributed by atoms with Crippen LogP contribution in [0.15, 0.2) is 41.3 Å². The van der Waals surface area contributed by atoms with Crippen molar-refractivity contribution in [3.8, 4) is 11.5 Å². The van der Waals surface area contributed by atoms with Crippen LogP contribution >= 0.6 is 24.2 Å². The number of thiol groups is 1. The Kier molecular flexibility index (Phi) is 4.98. The van der Waals surface area contributed by atoms with Crippen molar-refractivity contribution >= 4 is 35.8 Å². The summed E-state index contributed by atoms with van der Waals surface area (Å²) >= 11 is 10.2. The van der Waals surface area contributed by atoms with Gasteiger partial charge in [0.25, 0.3) is 5.91 Å². The molecule has 0 radical (unpaired) electrons. The van der Waals surface area contributed by atoms with Crippen molar-refractivity contribution in [3.63, 3.8) is 0 Å². The maximum absolute atomic E-state index is 12.3. The maximum Gasteiger partial charge on any atom is 0.257 e. The maximum atomic E-state index is 12.3. The summed E-state index contributed by atoms with van der Waals surface area (Å²) in [6.07, 6.45) is 0. The first-order valence-electron chi connectivity index (χ1n) is 6.06. The first-order valence-corrected chi connectivity index (χ1v) is 6.89. The molecule has 0 aliphatic heterocycles. The number of benzene rings is 2. The van der Waals surface area contributed by atoms with Crippen LogP contribution in [-0.4, -0.2) is 20.1 Å². The minimum absolute atomic E-state index is 0.328. The fraction of sp³-hybridized carbons (Fsp3) is 0.133. The van der Waals surface area contributed by atoms with Gasteiger partial charge in [0.1, 0.15) is 11.5 Å². The summed E-state index contributed by atoms with van der Waals surface area (Å²) in [5.74, 6) is 0.837. The van der Waals surface area contributed by atoms with E-state index < -0.39 is 0 Å². The second kappa shape index (κ2) is 6.74. The number of amides is 1. The molecule has 0 aliphatic carbocycles. The van der Waals surface area contributed by atoms with E-state index >= 15 is 0 Å². The number of ether oxygens (including phenoxy) is 2. The van der Waals surface area contributed by atoms with Crippen LogP contribution in [0.3, 0.4) is 0 Å². The van der Waals surface area contributed by atoms with Gasteiger partial charge in [0.15, 0.2) is 0 Å². The summed E-state index contributed by atoms with van der Waals surface area (Å²) in [6, 6.07) is 10.1. The third-order valence-electron chi connectivity index (χ3n) is 2.80. The first-order chi connectivity index (χ1) is 10.0. The molecule has 1 amide bonds. The molecule has 1 N–H and O–H groups in total. The monoisotopic (exact) mass is 323 g/mol. The number of halogens is 1. The van der Waals surface area contributed by atoms with E-state index in [9.17, 15) is 4.79 Å². The van der Waals surface area contributed by atoms with E-state index in [1.165, 1.54) is 0 Å². The largest absolute Gasteiger partial charge is 0.497 e. The molecule has 0 heterocycles. The SMILES string of the molecule is COc1cc(NC(=O)c2cc(S)ccc2Cl)cc(OC)c1. The van der Waals surface area contributed by atoms with Crippen LogP contribution in [0.5, 0.6) is 11.5 Å². The Morgan fingerprint density at radius 2 is 1.71 bits per heavy atom. The fourth-order valence-electron chi connectivity index (χ4n) is 1.77. The fourth-order valence-corrected chi connectivity index (χ4v) is 2.17. The first kappa shape index (κ1) is 15.5. The van der Waals surface area contributed by atoms with Crippen molar-refractivity contribution in [1.29, 1.82) is 0 Å². The molecule has 0 aliphatic rings. The number of carbonyl (C=O) groups is 1. The third-order valence-corrected chi connectivity index (χ3v) is 3.41. The highest BCUT2D eigenvalue weighted by molar-refractivity contribution is 7.80. The Morgan fingerprint density at radius 3 is 2.29 bits per heavy atom. The highest BCUT2D eigenvalue weighted by Gasteiger charge is 2.12. The molecule has 0 unspecified atom stereocenters. The van der Waals surface area contributed by atoms with Crippen LogP contribution in [-0.2, 0) is 0 Å². The van der Waals surface area contributed by atoms with E-state index in [-0.39, 0.29) is 5.91 Å². The van der Waals surface area contributed by atoms with Crippen molar-refractivity contribution in [2.24, 2.45) is 0 Å². The topological polar surface area (TPSA) is 47.6 Å². The summed E-state index contributed by atoms with van der Waals surface area (Å²) < 4.78 is 10.3. The number of rotatable bonds is 4. The summed E-state index contributed by atoms with van der Waals surface area (Å²) in [4.78, 5) is 12.9. The van der Waals surface area contributed by atoms with Gasteiger partial charge in [-0.25, -0.2) is 0 Å². The van der Waals surface area contributed by atoms with Gasteiger partial charge in [0, 0.05) is 28.8 Å².